The lowest BCUT2D eigenvalue weighted by atomic mass is 9.82. The molecule has 25 nitrogen and oxygen atoms in total. The molecule has 0 bridgehead atoms. The first-order chi connectivity index (χ1) is 34.8. The molecule has 1 saturated heterocycles. The Labute approximate surface area is 414 Å². The van der Waals surface area contributed by atoms with Crippen molar-refractivity contribution in [1.82, 2.24) is 4.90 Å². The fourth-order valence-electron chi connectivity index (χ4n) is 8.78. The molecule has 0 unspecified atom stereocenters. The number of nitro benzene ring substituents is 1. The van der Waals surface area contributed by atoms with Gasteiger partial charge in [0.1, 0.15) is 67.8 Å². The van der Waals surface area contributed by atoms with E-state index in [2.05, 4.69) is 4.90 Å². The first-order valence-electron chi connectivity index (χ1n) is 22.7. The maximum atomic E-state index is 13.4. The Bertz CT molecular complexity index is 2740. The summed E-state index contributed by atoms with van der Waals surface area (Å²) in [6, 6.07) is 13.0. The van der Waals surface area contributed by atoms with Crippen LogP contribution in [0.15, 0.2) is 63.8 Å². The van der Waals surface area contributed by atoms with Crippen LogP contribution in [0.1, 0.15) is 60.9 Å². The van der Waals surface area contributed by atoms with Gasteiger partial charge in [-0.3, -0.25) is 43.8 Å². The molecule has 73 heavy (non-hydrogen) atoms. The highest BCUT2D eigenvalue weighted by molar-refractivity contribution is 5.98. The summed E-state index contributed by atoms with van der Waals surface area (Å²) in [5, 5.41) is 60.2. The molecule has 25 heteroatoms. The number of hydrogen-bond donors (Lipinski definition) is 5. The molecule has 6 rings (SSSR count). The molecule has 3 aromatic carbocycles. The second kappa shape index (κ2) is 26.0. The fourth-order valence-corrected chi connectivity index (χ4v) is 8.78. The summed E-state index contributed by atoms with van der Waals surface area (Å²) < 4.78 is 23.4. The lowest BCUT2D eigenvalue weighted by molar-refractivity contribution is -0.385. The number of hydrogen-bond acceptors (Lipinski definition) is 19. The van der Waals surface area contributed by atoms with E-state index in [-0.39, 0.29) is 78.2 Å². The highest BCUT2D eigenvalue weighted by Gasteiger charge is 2.31. The Balaban J connectivity index is 0.00000321. The van der Waals surface area contributed by atoms with Crippen LogP contribution in [-0.2, 0) is 40.2 Å². The number of anilines is 3. The predicted molar refractivity (Wildman–Crippen MR) is 254 cm³/mol. The number of rotatable bonds is 26. The lowest BCUT2D eigenvalue weighted by Gasteiger charge is -2.35. The van der Waals surface area contributed by atoms with Crippen LogP contribution in [0, 0.1) is 16.0 Å². The van der Waals surface area contributed by atoms with E-state index >= 15 is 0 Å². The van der Waals surface area contributed by atoms with Crippen molar-refractivity contribution in [2.75, 3.05) is 80.8 Å². The standard InChI is InChI=1S/C47H53N5O18.CO2/c1-48(22-42(54)55)35-11-9-32(49-12-2-3-13-49)19-40(35)67-14-15-68-41-21-36(52(65)66)30(18-37(41)51(25-45(60)61)26-46(62)63)27-69-33-10-6-29-17-34(47(64)70-39(29)20-33)38(53)16-28-4-7-31(8-5-28)50(23-43(56)57)24-44(58)59;2-1-3/h6,9-11,17-21,28,31H,2-5,7-8,12-16,22-27H2,1H3,(H,54,55)(H,56,57)(H,58,59)(H,60,61)(H,62,63);. The van der Waals surface area contributed by atoms with Gasteiger partial charge in [-0.1, -0.05) is 0 Å². The van der Waals surface area contributed by atoms with E-state index in [1.165, 1.54) is 40.1 Å². The minimum Gasteiger partial charge on any atom is -0.489 e. The second-order valence-corrected chi connectivity index (χ2v) is 17.2. The van der Waals surface area contributed by atoms with E-state index in [1.807, 2.05) is 6.07 Å². The molecule has 0 amide bonds. The van der Waals surface area contributed by atoms with E-state index in [9.17, 15) is 69.2 Å². The Morgan fingerprint density at radius 1 is 0.740 bits per heavy atom. The lowest BCUT2D eigenvalue weighted by Crippen LogP contribution is -2.44. The quantitative estimate of drug-likeness (QED) is 0.0196. The maximum Gasteiger partial charge on any atom is 0.373 e. The van der Waals surface area contributed by atoms with Gasteiger partial charge in [-0.05, 0) is 80.8 Å². The number of benzene rings is 3. The highest BCUT2D eigenvalue weighted by Crippen LogP contribution is 2.38. The van der Waals surface area contributed by atoms with Gasteiger partial charge >= 0.3 is 41.6 Å². The van der Waals surface area contributed by atoms with E-state index in [0.29, 0.717) is 42.5 Å². The number of fused-ring (bicyclic) bond motifs is 1. The summed E-state index contributed by atoms with van der Waals surface area (Å²) >= 11 is 0. The maximum absolute atomic E-state index is 13.4. The first kappa shape index (κ1) is 55.4. The molecule has 390 valence electrons. The molecular formula is C48H53N5O20. The number of nitrogens with zero attached hydrogens (tertiary/aromatic N) is 5. The van der Waals surface area contributed by atoms with Crippen LogP contribution in [0.3, 0.4) is 0 Å². The number of Topliss-reactive ketones (excluding diaryl/α,β-unsaturated/α-hetero) is 1. The number of likely N-dealkylation sites (N-methyl/N-ethyl adjacent to an activating group) is 1. The number of carbonyl (C=O) groups excluding carboxylic acids is 3. The summed E-state index contributed by atoms with van der Waals surface area (Å²) in [6.45, 7) is -2.15. The SMILES string of the molecule is CN(CC(=O)O)c1ccc(N2CCCC2)cc1OCCOc1cc([N+](=O)[O-])c(COc2ccc3cc(C(=O)CC4CCC(N(CC(=O)O)CC(=O)O)CC4)c(=O)oc3c2)cc1N(CC(=O)O)CC(=O)O.O=C=O. The van der Waals surface area contributed by atoms with Crippen LogP contribution in [0.25, 0.3) is 11.0 Å². The Morgan fingerprint density at radius 3 is 1.88 bits per heavy atom. The normalized spacial score (nSPS) is 15.1. The van der Waals surface area contributed by atoms with Crippen molar-refractivity contribution in [2.45, 2.75) is 57.6 Å². The number of carbonyl (C=O) groups is 6. The fraction of sp³-hybridized carbons (Fsp3) is 0.417. The molecular weight excluding hydrogens is 967 g/mol. The monoisotopic (exact) mass is 1020 g/mol. The second-order valence-electron chi connectivity index (χ2n) is 17.2. The molecule has 2 fully saturated rings. The van der Waals surface area contributed by atoms with Crippen LogP contribution < -0.4 is 34.5 Å². The minimum atomic E-state index is -1.41. The van der Waals surface area contributed by atoms with Crippen LogP contribution >= 0.6 is 0 Å². The number of carboxylic acids is 5. The largest absolute Gasteiger partial charge is 0.489 e. The van der Waals surface area contributed by atoms with E-state index < -0.39 is 84.7 Å². The summed E-state index contributed by atoms with van der Waals surface area (Å²) in [5.74, 6) is -6.59. The number of carboxylic acid groups (broad SMARTS) is 5. The zero-order chi connectivity index (χ0) is 53.4. The average molecular weight is 1020 g/mol. The van der Waals surface area contributed by atoms with Crippen molar-refractivity contribution in [3.05, 3.63) is 86.3 Å². The van der Waals surface area contributed by atoms with Crippen molar-refractivity contribution in [1.29, 1.82) is 0 Å². The molecule has 0 atom stereocenters. The molecule has 0 spiro atoms. The summed E-state index contributed by atoms with van der Waals surface area (Å²) in [6.07, 6.45) is 4.25. The van der Waals surface area contributed by atoms with Gasteiger partial charge in [0, 0.05) is 55.8 Å². The third-order valence-corrected chi connectivity index (χ3v) is 12.0. The molecule has 1 aliphatic carbocycles. The van der Waals surface area contributed by atoms with Gasteiger partial charge in [-0.25, -0.2) is 4.79 Å². The van der Waals surface area contributed by atoms with E-state index in [1.54, 1.807) is 19.2 Å². The van der Waals surface area contributed by atoms with Crippen LogP contribution in [-0.4, -0.2) is 149 Å². The zero-order valence-corrected chi connectivity index (χ0v) is 39.5. The Kier molecular flexibility index (Phi) is 19.7. The molecule has 0 radical (unpaired) electrons. The van der Waals surface area contributed by atoms with Crippen molar-refractivity contribution >= 4 is 75.5 Å². The Morgan fingerprint density at radius 2 is 1.32 bits per heavy atom. The van der Waals surface area contributed by atoms with Crippen molar-refractivity contribution in [2.24, 2.45) is 5.92 Å². The third-order valence-electron chi connectivity index (χ3n) is 12.0. The number of aliphatic carboxylic acids is 5. The molecule has 4 aromatic rings. The van der Waals surface area contributed by atoms with Crippen LogP contribution in [0.4, 0.5) is 22.7 Å². The van der Waals surface area contributed by atoms with Gasteiger partial charge in [-0.15, -0.1) is 0 Å². The summed E-state index contributed by atoms with van der Waals surface area (Å²) in [5.41, 5.74) is -0.510. The molecule has 2 heterocycles. The molecule has 1 aromatic heterocycles. The molecule has 1 saturated carbocycles. The highest BCUT2D eigenvalue weighted by atomic mass is 16.6. The van der Waals surface area contributed by atoms with E-state index in [0.717, 1.165) is 42.6 Å². The van der Waals surface area contributed by atoms with Gasteiger partial charge in [-0.2, -0.15) is 9.59 Å². The number of nitro groups is 1. The van der Waals surface area contributed by atoms with Crippen molar-refractivity contribution < 1.29 is 87.4 Å². The van der Waals surface area contributed by atoms with Gasteiger partial charge in [0.2, 0.25) is 0 Å². The van der Waals surface area contributed by atoms with Crippen molar-refractivity contribution in [3.8, 4) is 17.2 Å². The Hall–Kier alpha value is -8.57. The number of ketones is 1. The number of ether oxygens (including phenoxy) is 3. The van der Waals surface area contributed by atoms with Gasteiger partial charge in [0.15, 0.2) is 5.78 Å². The predicted octanol–water partition coefficient (Wildman–Crippen LogP) is 3.85. The van der Waals surface area contributed by atoms with Gasteiger partial charge < -0.3 is 58.9 Å². The molecule has 2 aliphatic rings. The zero-order valence-electron chi connectivity index (χ0n) is 39.5. The van der Waals surface area contributed by atoms with E-state index in [4.69, 9.17) is 28.2 Å². The minimum absolute atomic E-state index is 0.0129. The van der Waals surface area contributed by atoms with Gasteiger partial charge in [0.05, 0.1) is 41.0 Å². The molecule has 1 aliphatic heterocycles. The first-order valence-corrected chi connectivity index (χ1v) is 22.7. The van der Waals surface area contributed by atoms with Crippen molar-refractivity contribution in [3.63, 3.8) is 0 Å². The topological polar surface area (TPSA) is 352 Å². The van der Waals surface area contributed by atoms with Crippen LogP contribution in [0.2, 0.25) is 0 Å². The van der Waals surface area contributed by atoms with Gasteiger partial charge in [0.25, 0.3) is 5.69 Å². The summed E-state index contributed by atoms with van der Waals surface area (Å²) in [7, 11) is 1.59. The summed E-state index contributed by atoms with van der Waals surface area (Å²) in [4.78, 5) is 118. The third kappa shape index (κ3) is 16.0. The molecule has 5 N–H and O–H groups in total. The van der Waals surface area contributed by atoms with Crippen LogP contribution in [0.5, 0.6) is 17.2 Å². The average Bonchev–Trinajstić information content (AvgIpc) is 3.87. The smallest absolute Gasteiger partial charge is 0.373 e.